The highest BCUT2D eigenvalue weighted by Gasteiger charge is 2.08. The van der Waals surface area contributed by atoms with Crippen LogP contribution in [0.5, 0.6) is 0 Å². The van der Waals surface area contributed by atoms with Gasteiger partial charge < -0.3 is 19.3 Å². The van der Waals surface area contributed by atoms with Gasteiger partial charge in [0.15, 0.2) is 0 Å². The molecule has 0 bridgehead atoms. The van der Waals surface area contributed by atoms with E-state index in [9.17, 15) is 9.59 Å². The minimum absolute atomic E-state index is 0.385. The Labute approximate surface area is 257 Å². The molecular weight excluding hydrogens is 528 g/mol. The van der Waals surface area contributed by atoms with Crippen LogP contribution >= 0.6 is 0 Å². The van der Waals surface area contributed by atoms with Crippen molar-refractivity contribution in [3.8, 4) is 0 Å². The third-order valence-electron chi connectivity index (χ3n) is 7.48. The van der Waals surface area contributed by atoms with Gasteiger partial charge in [-0.05, 0) is 97.0 Å². The third-order valence-corrected chi connectivity index (χ3v) is 7.48. The largest absolute Gasteiger partial charge is 0.449 e. The number of hydrogen-bond donors (Lipinski definition) is 2. The molecule has 2 amide bonds. The molecule has 8 nitrogen and oxygen atoms in total. The van der Waals surface area contributed by atoms with E-state index in [2.05, 4.69) is 48.4 Å². The van der Waals surface area contributed by atoms with E-state index in [0.29, 0.717) is 24.6 Å². The van der Waals surface area contributed by atoms with Gasteiger partial charge in [-0.2, -0.15) is 0 Å². The highest BCUT2D eigenvalue weighted by atomic mass is 16.6. The van der Waals surface area contributed by atoms with Crippen LogP contribution in [-0.4, -0.2) is 75.5 Å². The Balaban J connectivity index is 2.11. The summed E-state index contributed by atoms with van der Waals surface area (Å²) in [5.41, 5.74) is 1.12. The van der Waals surface area contributed by atoms with Crippen LogP contribution in [0.3, 0.4) is 0 Å². The lowest BCUT2D eigenvalue weighted by molar-refractivity contribution is 0.157. The van der Waals surface area contributed by atoms with Gasteiger partial charge in [0.25, 0.3) is 0 Å². The number of rotatable bonds is 26. The Hall–Kier alpha value is -2.32. The fraction of sp³-hybridized carbons (Fsp3) is 0.765. The molecule has 8 heteroatoms. The SMILES string of the molecule is CCCCCCCCN(C)CCCCOC(=O)Nc1cccc(NC(=O)OCCCCN(C)CCCCCCCC)c1. The van der Waals surface area contributed by atoms with Crippen LogP contribution in [0.2, 0.25) is 0 Å². The molecule has 42 heavy (non-hydrogen) atoms. The summed E-state index contributed by atoms with van der Waals surface area (Å²) in [6, 6.07) is 6.98. The maximum Gasteiger partial charge on any atom is 0.411 e. The normalized spacial score (nSPS) is 11.2. The van der Waals surface area contributed by atoms with Crippen LogP contribution < -0.4 is 10.6 Å². The lowest BCUT2D eigenvalue weighted by Gasteiger charge is -2.16. The van der Waals surface area contributed by atoms with Gasteiger partial charge in [-0.25, -0.2) is 9.59 Å². The monoisotopic (exact) mass is 590 g/mol. The molecule has 0 heterocycles. The lowest BCUT2D eigenvalue weighted by Crippen LogP contribution is -2.21. The van der Waals surface area contributed by atoms with Crippen molar-refractivity contribution < 1.29 is 19.1 Å². The molecule has 242 valence electrons. The summed E-state index contributed by atoms with van der Waals surface area (Å²) in [5, 5.41) is 5.47. The third kappa shape index (κ3) is 22.3. The molecule has 0 aliphatic rings. The van der Waals surface area contributed by atoms with Gasteiger partial charge in [-0.3, -0.25) is 10.6 Å². The van der Waals surface area contributed by atoms with E-state index in [1.165, 1.54) is 77.0 Å². The second-order valence-corrected chi connectivity index (χ2v) is 11.7. The number of benzene rings is 1. The fourth-order valence-electron chi connectivity index (χ4n) is 4.83. The molecule has 0 saturated carbocycles. The molecule has 0 fully saturated rings. The Bertz CT molecular complexity index is 746. The van der Waals surface area contributed by atoms with Crippen LogP contribution in [-0.2, 0) is 9.47 Å². The molecule has 1 rings (SSSR count). The Morgan fingerprint density at radius 3 is 1.33 bits per heavy atom. The fourth-order valence-corrected chi connectivity index (χ4v) is 4.83. The molecule has 0 saturated heterocycles. The first-order valence-corrected chi connectivity index (χ1v) is 16.8. The van der Waals surface area contributed by atoms with Gasteiger partial charge in [-0.15, -0.1) is 0 Å². The number of anilines is 2. The summed E-state index contributed by atoms with van der Waals surface area (Å²) in [4.78, 5) is 29.1. The second-order valence-electron chi connectivity index (χ2n) is 11.7. The molecule has 0 aliphatic heterocycles. The highest BCUT2D eigenvalue weighted by molar-refractivity contribution is 5.88. The van der Waals surface area contributed by atoms with Crippen LogP contribution in [0, 0.1) is 0 Å². The summed E-state index contributed by atoms with van der Waals surface area (Å²) in [5.74, 6) is 0. The minimum atomic E-state index is -0.489. The predicted molar refractivity (Wildman–Crippen MR) is 177 cm³/mol. The van der Waals surface area contributed by atoms with Gasteiger partial charge >= 0.3 is 12.2 Å². The van der Waals surface area contributed by atoms with E-state index in [1.54, 1.807) is 24.3 Å². The summed E-state index contributed by atoms with van der Waals surface area (Å²) in [6.07, 6.45) is 18.4. The number of hydrogen-bond acceptors (Lipinski definition) is 6. The van der Waals surface area contributed by atoms with Gasteiger partial charge in [0, 0.05) is 11.4 Å². The molecule has 0 radical (unpaired) electrons. The first kappa shape index (κ1) is 37.7. The lowest BCUT2D eigenvalue weighted by atomic mass is 10.1. The van der Waals surface area contributed by atoms with E-state index >= 15 is 0 Å². The second kappa shape index (κ2) is 26.3. The summed E-state index contributed by atoms with van der Waals surface area (Å²) < 4.78 is 10.7. The Morgan fingerprint density at radius 2 is 0.929 bits per heavy atom. The van der Waals surface area contributed by atoms with Crippen LogP contribution in [0.15, 0.2) is 24.3 Å². The quantitative estimate of drug-likeness (QED) is 0.105. The van der Waals surface area contributed by atoms with E-state index in [4.69, 9.17) is 9.47 Å². The zero-order chi connectivity index (χ0) is 30.7. The van der Waals surface area contributed by atoms with Crippen LogP contribution in [0.25, 0.3) is 0 Å². The summed E-state index contributed by atoms with van der Waals surface area (Å²) in [6.45, 7) is 9.55. The molecule has 2 N–H and O–H groups in total. The molecule has 1 aromatic rings. The first-order valence-electron chi connectivity index (χ1n) is 16.8. The summed E-state index contributed by atoms with van der Waals surface area (Å²) in [7, 11) is 4.32. The molecule has 0 spiro atoms. The topological polar surface area (TPSA) is 83.1 Å². The number of carbonyl (C=O) groups is 2. The van der Waals surface area contributed by atoms with Gasteiger partial charge in [0.2, 0.25) is 0 Å². The van der Waals surface area contributed by atoms with Crippen molar-refractivity contribution in [1.29, 1.82) is 0 Å². The molecular formula is C34H62N4O4. The van der Waals surface area contributed by atoms with Crippen molar-refractivity contribution in [1.82, 2.24) is 9.80 Å². The van der Waals surface area contributed by atoms with Crippen molar-refractivity contribution >= 4 is 23.6 Å². The number of carbonyl (C=O) groups excluding carboxylic acids is 2. The van der Waals surface area contributed by atoms with Crippen LogP contribution in [0.1, 0.15) is 117 Å². The molecule has 1 aromatic carbocycles. The molecule has 0 aliphatic carbocycles. The van der Waals surface area contributed by atoms with Crippen molar-refractivity contribution in [2.75, 3.05) is 64.1 Å². The standard InChI is InChI=1S/C34H62N4O4/c1-5-7-9-11-13-15-24-37(3)26-17-19-28-41-33(39)35-31-22-21-23-32(30-31)36-34(40)42-29-20-18-27-38(4)25-16-14-12-10-8-6-2/h21-23,30H,5-20,24-29H2,1-4H3,(H,35,39)(H,36,40). The number of nitrogens with zero attached hydrogens (tertiary/aromatic N) is 2. The minimum Gasteiger partial charge on any atom is -0.449 e. The van der Waals surface area contributed by atoms with Crippen molar-refractivity contribution in [3.05, 3.63) is 24.3 Å². The van der Waals surface area contributed by atoms with Crippen molar-refractivity contribution in [2.24, 2.45) is 0 Å². The average Bonchev–Trinajstić information content (AvgIpc) is 2.96. The van der Waals surface area contributed by atoms with Gasteiger partial charge in [0.1, 0.15) is 0 Å². The Morgan fingerprint density at radius 1 is 0.571 bits per heavy atom. The van der Waals surface area contributed by atoms with E-state index in [0.717, 1.165) is 51.9 Å². The van der Waals surface area contributed by atoms with E-state index in [-0.39, 0.29) is 0 Å². The summed E-state index contributed by atoms with van der Waals surface area (Å²) >= 11 is 0. The maximum absolute atomic E-state index is 12.2. The van der Waals surface area contributed by atoms with E-state index < -0.39 is 12.2 Å². The average molecular weight is 591 g/mol. The Kier molecular flexibility index (Phi) is 23.6. The maximum atomic E-state index is 12.2. The zero-order valence-electron chi connectivity index (χ0n) is 27.4. The first-order chi connectivity index (χ1) is 20.4. The molecule has 0 atom stereocenters. The number of ether oxygens (including phenoxy) is 2. The smallest absolute Gasteiger partial charge is 0.411 e. The number of nitrogens with one attached hydrogen (secondary N) is 2. The van der Waals surface area contributed by atoms with Crippen LogP contribution in [0.4, 0.5) is 21.0 Å². The zero-order valence-corrected chi connectivity index (χ0v) is 27.4. The number of amides is 2. The van der Waals surface area contributed by atoms with Crippen molar-refractivity contribution in [3.63, 3.8) is 0 Å². The highest BCUT2D eigenvalue weighted by Crippen LogP contribution is 2.16. The predicted octanol–water partition coefficient (Wildman–Crippen LogP) is 8.93. The van der Waals surface area contributed by atoms with Gasteiger partial charge in [-0.1, -0.05) is 84.1 Å². The number of unbranched alkanes of at least 4 members (excludes halogenated alkanes) is 12. The van der Waals surface area contributed by atoms with Crippen molar-refractivity contribution in [2.45, 2.75) is 117 Å². The molecule has 0 aromatic heterocycles. The van der Waals surface area contributed by atoms with E-state index in [1.807, 2.05) is 0 Å². The molecule has 0 unspecified atom stereocenters. The van der Waals surface area contributed by atoms with Gasteiger partial charge in [0.05, 0.1) is 13.2 Å².